The highest BCUT2D eigenvalue weighted by atomic mass is 16.1. The van der Waals surface area contributed by atoms with Crippen molar-refractivity contribution < 1.29 is 0 Å². The summed E-state index contributed by atoms with van der Waals surface area (Å²) in [5.74, 6) is 0.337. The van der Waals surface area contributed by atoms with Gasteiger partial charge in [0, 0.05) is 18.5 Å². The monoisotopic (exact) mass is 188 g/mol. The van der Waals surface area contributed by atoms with Crippen molar-refractivity contribution in [2.45, 2.75) is 19.8 Å². The van der Waals surface area contributed by atoms with Crippen LogP contribution in [0.5, 0.6) is 0 Å². The molecule has 0 radical (unpaired) electrons. The van der Waals surface area contributed by atoms with Crippen LogP contribution in [0.2, 0.25) is 0 Å². The minimum atomic E-state index is 0.0375. The Morgan fingerprint density at radius 2 is 2.14 bits per heavy atom. The fourth-order valence-corrected chi connectivity index (χ4v) is 1.61. The number of nitrogens with one attached hydrogen (secondary N) is 1. The average molecular weight is 188 g/mol. The minimum absolute atomic E-state index is 0.0375. The van der Waals surface area contributed by atoms with Gasteiger partial charge in [-0.2, -0.15) is 0 Å². The third-order valence-corrected chi connectivity index (χ3v) is 2.31. The van der Waals surface area contributed by atoms with Crippen LogP contribution in [-0.2, 0) is 0 Å². The maximum absolute atomic E-state index is 11.6. The quantitative estimate of drug-likeness (QED) is 0.744. The predicted molar refractivity (Wildman–Crippen MR) is 56.5 cm³/mol. The van der Waals surface area contributed by atoms with Crippen molar-refractivity contribution in [3.05, 3.63) is 40.3 Å². The van der Waals surface area contributed by atoms with Crippen LogP contribution in [-0.4, -0.2) is 9.97 Å². The third kappa shape index (κ3) is 1.31. The van der Waals surface area contributed by atoms with E-state index >= 15 is 0 Å². The molecule has 0 fully saturated rings. The van der Waals surface area contributed by atoms with Crippen molar-refractivity contribution >= 4 is 11.0 Å². The summed E-state index contributed by atoms with van der Waals surface area (Å²) in [5.41, 5.74) is 1.76. The van der Waals surface area contributed by atoms with Gasteiger partial charge in [0.25, 0.3) is 0 Å². The first-order chi connectivity index (χ1) is 6.70. The fourth-order valence-electron chi connectivity index (χ4n) is 1.61. The van der Waals surface area contributed by atoms with Gasteiger partial charge in [0.2, 0.25) is 0 Å². The smallest absolute Gasteiger partial charge is 0.191 e. The van der Waals surface area contributed by atoms with Gasteiger partial charge in [0.15, 0.2) is 5.43 Å². The Bertz CT molecular complexity index is 509. The number of fused-ring (bicyclic) bond motifs is 1. The van der Waals surface area contributed by atoms with Gasteiger partial charge in [0.05, 0.1) is 5.39 Å². The number of pyridine rings is 2. The summed E-state index contributed by atoms with van der Waals surface area (Å²) in [6.07, 6.45) is 3.36. The molecular weight excluding hydrogens is 176 g/mol. The molecule has 0 amide bonds. The van der Waals surface area contributed by atoms with Crippen LogP contribution in [0.15, 0.2) is 29.3 Å². The summed E-state index contributed by atoms with van der Waals surface area (Å²) in [6, 6.07) is 3.44. The molecule has 0 saturated heterocycles. The summed E-state index contributed by atoms with van der Waals surface area (Å²) >= 11 is 0. The second kappa shape index (κ2) is 3.25. The van der Waals surface area contributed by atoms with Gasteiger partial charge < -0.3 is 4.98 Å². The van der Waals surface area contributed by atoms with Crippen LogP contribution in [0.3, 0.4) is 0 Å². The van der Waals surface area contributed by atoms with Crippen molar-refractivity contribution in [2.24, 2.45) is 0 Å². The molecule has 72 valence electrons. The number of nitrogens with zero attached hydrogens (tertiary/aromatic N) is 1. The molecule has 0 atom stereocenters. The number of hydrogen-bond donors (Lipinski definition) is 1. The van der Waals surface area contributed by atoms with E-state index in [4.69, 9.17) is 0 Å². The lowest BCUT2D eigenvalue weighted by Crippen LogP contribution is -2.05. The first kappa shape index (κ1) is 8.94. The number of aromatic amines is 1. The zero-order chi connectivity index (χ0) is 10.1. The van der Waals surface area contributed by atoms with E-state index < -0.39 is 0 Å². The summed E-state index contributed by atoms with van der Waals surface area (Å²) in [6.45, 7) is 4.14. The van der Waals surface area contributed by atoms with Crippen LogP contribution in [0.25, 0.3) is 11.0 Å². The Morgan fingerprint density at radius 3 is 2.86 bits per heavy atom. The summed E-state index contributed by atoms with van der Waals surface area (Å²) in [5, 5.41) is 0.713. The zero-order valence-electron chi connectivity index (χ0n) is 8.24. The number of rotatable bonds is 1. The average Bonchev–Trinajstić information content (AvgIpc) is 2.17. The molecular formula is C11H12N2O. The first-order valence-corrected chi connectivity index (χ1v) is 4.66. The van der Waals surface area contributed by atoms with Gasteiger partial charge in [-0.3, -0.25) is 4.79 Å². The van der Waals surface area contributed by atoms with Crippen LogP contribution >= 0.6 is 0 Å². The van der Waals surface area contributed by atoms with Crippen LogP contribution in [0, 0.1) is 0 Å². The molecule has 0 aliphatic heterocycles. The first-order valence-electron chi connectivity index (χ1n) is 4.66. The molecule has 2 heterocycles. The summed E-state index contributed by atoms with van der Waals surface area (Å²) in [7, 11) is 0. The molecule has 2 aromatic heterocycles. The highest BCUT2D eigenvalue weighted by Crippen LogP contribution is 2.19. The SMILES string of the molecule is CC(C)c1ccnc2[nH]ccc(=O)c12. The Morgan fingerprint density at radius 1 is 1.36 bits per heavy atom. The largest absolute Gasteiger partial charge is 0.346 e. The predicted octanol–water partition coefficient (Wildman–Crippen LogP) is 2.05. The van der Waals surface area contributed by atoms with Crippen molar-refractivity contribution in [3.63, 3.8) is 0 Å². The standard InChI is InChI=1S/C11H12N2O/c1-7(2)8-3-5-12-11-10(8)9(14)4-6-13-11/h3-7H,1-2H3,(H,12,13,14). The molecule has 0 bridgehead atoms. The van der Waals surface area contributed by atoms with E-state index in [-0.39, 0.29) is 5.43 Å². The molecule has 0 aliphatic rings. The Hall–Kier alpha value is -1.64. The lowest BCUT2D eigenvalue weighted by Gasteiger charge is -2.07. The van der Waals surface area contributed by atoms with Gasteiger partial charge in [0.1, 0.15) is 5.65 Å². The summed E-state index contributed by atoms with van der Waals surface area (Å²) in [4.78, 5) is 18.7. The second-order valence-electron chi connectivity index (χ2n) is 3.62. The lowest BCUT2D eigenvalue weighted by atomic mass is 10.0. The van der Waals surface area contributed by atoms with Gasteiger partial charge in [-0.15, -0.1) is 0 Å². The molecule has 1 N–H and O–H groups in total. The molecule has 0 aromatic carbocycles. The topological polar surface area (TPSA) is 45.8 Å². The molecule has 3 nitrogen and oxygen atoms in total. The van der Waals surface area contributed by atoms with Crippen LogP contribution in [0.1, 0.15) is 25.3 Å². The maximum Gasteiger partial charge on any atom is 0.191 e. The van der Waals surface area contributed by atoms with Crippen molar-refractivity contribution in [1.82, 2.24) is 9.97 Å². The Kier molecular flexibility index (Phi) is 2.08. The highest BCUT2D eigenvalue weighted by Gasteiger charge is 2.08. The van der Waals surface area contributed by atoms with Gasteiger partial charge in [-0.05, 0) is 17.5 Å². The zero-order valence-corrected chi connectivity index (χ0v) is 8.24. The molecule has 2 aromatic rings. The Labute approximate surface area is 81.8 Å². The van der Waals surface area contributed by atoms with Crippen molar-refractivity contribution in [2.75, 3.05) is 0 Å². The van der Waals surface area contributed by atoms with E-state index in [0.29, 0.717) is 17.0 Å². The van der Waals surface area contributed by atoms with E-state index in [1.807, 2.05) is 6.07 Å². The molecule has 0 aliphatic carbocycles. The fraction of sp³-hybridized carbons (Fsp3) is 0.273. The van der Waals surface area contributed by atoms with E-state index in [1.54, 1.807) is 12.4 Å². The molecule has 3 heteroatoms. The van der Waals surface area contributed by atoms with Crippen molar-refractivity contribution in [1.29, 1.82) is 0 Å². The van der Waals surface area contributed by atoms with Crippen LogP contribution in [0.4, 0.5) is 0 Å². The molecule has 0 spiro atoms. The van der Waals surface area contributed by atoms with Gasteiger partial charge >= 0.3 is 0 Å². The molecule has 0 saturated carbocycles. The normalized spacial score (nSPS) is 11.1. The Balaban J connectivity index is 2.91. The lowest BCUT2D eigenvalue weighted by molar-refractivity contribution is 0.872. The highest BCUT2D eigenvalue weighted by molar-refractivity contribution is 5.78. The second-order valence-corrected chi connectivity index (χ2v) is 3.62. The number of aromatic nitrogens is 2. The number of H-pyrrole nitrogens is 1. The molecule has 0 unspecified atom stereocenters. The van der Waals surface area contributed by atoms with E-state index in [0.717, 1.165) is 5.56 Å². The summed E-state index contributed by atoms with van der Waals surface area (Å²) < 4.78 is 0. The van der Waals surface area contributed by atoms with Gasteiger partial charge in [-0.1, -0.05) is 13.8 Å². The van der Waals surface area contributed by atoms with E-state index in [2.05, 4.69) is 23.8 Å². The van der Waals surface area contributed by atoms with Crippen LogP contribution < -0.4 is 5.43 Å². The maximum atomic E-state index is 11.6. The minimum Gasteiger partial charge on any atom is -0.346 e. The van der Waals surface area contributed by atoms with Gasteiger partial charge in [-0.25, -0.2) is 4.98 Å². The van der Waals surface area contributed by atoms with E-state index in [1.165, 1.54) is 6.07 Å². The number of hydrogen-bond acceptors (Lipinski definition) is 2. The third-order valence-electron chi connectivity index (χ3n) is 2.31. The molecule has 2 rings (SSSR count). The molecule has 14 heavy (non-hydrogen) atoms. The van der Waals surface area contributed by atoms with E-state index in [9.17, 15) is 4.79 Å². The van der Waals surface area contributed by atoms with Crippen molar-refractivity contribution in [3.8, 4) is 0 Å².